The minimum atomic E-state index is -1.09. The quantitative estimate of drug-likeness (QED) is 0.0688. The molecular weight excluding hydrogens is 649 g/mol. The van der Waals surface area contributed by atoms with Crippen LogP contribution in [-0.2, 0) is 24.3 Å². The van der Waals surface area contributed by atoms with Crippen LogP contribution in [0.1, 0.15) is 11.1 Å². The van der Waals surface area contributed by atoms with Gasteiger partial charge in [-0.1, -0.05) is 80.3 Å². The molecular formula is C36H44N10O3Si. The Morgan fingerprint density at radius 3 is 1.94 bits per heavy atom. The van der Waals surface area contributed by atoms with Crippen LogP contribution in [0.3, 0.4) is 0 Å². The number of nitrogens with one attached hydrogen (secondary N) is 5. The molecule has 5 N–H and O–H groups in total. The van der Waals surface area contributed by atoms with Gasteiger partial charge in [-0.05, 0) is 42.1 Å². The monoisotopic (exact) mass is 692 g/mol. The molecule has 2 aromatic carbocycles. The van der Waals surface area contributed by atoms with Crippen molar-refractivity contribution in [3.63, 3.8) is 0 Å². The molecule has 0 aliphatic rings. The van der Waals surface area contributed by atoms with Gasteiger partial charge in [-0.25, -0.2) is 29.5 Å². The summed E-state index contributed by atoms with van der Waals surface area (Å²) in [5.74, 6) is 0.853. The van der Waals surface area contributed by atoms with Gasteiger partial charge in [-0.2, -0.15) is 0 Å². The molecule has 4 amide bonds. The van der Waals surface area contributed by atoms with E-state index in [9.17, 15) is 9.59 Å². The van der Waals surface area contributed by atoms with Crippen LogP contribution >= 0.6 is 0 Å². The molecule has 0 spiro atoms. The lowest BCUT2D eigenvalue weighted by molar-refractivity contribution is 0.0899. The molecule has 0 unspecified atom stereocenters. The number of fused-ring (bicyclic) bond motifs is 2. The predicted molar refractivity (Wildman–Crippen MR) is 200 cm³/mol. The van der Waals surface area contributed by atoms with E-state index >= 15 is 0 Å². The lowest BCUT2D eigenvalue weighted by Gasteiger charge is -2.15. The Kier molecular flexibility index (Phi) is 12.6. The molecule has 0 radical (unpaired) electrons. The number of H-pyrrole nitrogens is 1. The molecule has 4 aromatic heterocycles. The highest BCUT2D eigenvalue weighted by molar-refractivity contribution is 6.76. The van der Waals surface area contributed by atoms with E-state index in [4.69, 9.17) is 4.74 Å². The van der Waals surface area contributed by atoms with E-state index in [1.54, 1.807) is 18.5 Å². The first kappa shape index (κ1) is 35.7. The molecule has 50 heavy (non-hydrogen) atoms. The number of hydrogen-bond acceptors (Lipinski definition) is 7. The molecule has 14 heteroatoms. The maximum absolute atomic E-state index is 12.1. The molecule has 0 atom stereocenters. The normalized spacial score (nSPS) is 11.1. The van der Waals surface area contributed by atoms with Crippen molar-refractivity contribution in [2.75, 3.05) is 30.3 Å². The van der Waals surface area contributed by atoms with Crippen LogP contribution in [0.5, 0.6) is 0 Å². The molecule has 0 saturated heterocycles. The highest BCUT2D eigenvalue weighted by Crippen LogP contribution is 2.15. The first-order valence-electron chi connectivity index (χ1n) is 16.6. The van der Waals surface area contributed by atoms with E-state index in [2.05, 4.69) is 65.8 Å². The smallest absolute Gasteiger partial charge is 0.320 e. The van der Waals surface area contributed by atoms with E-state index in [0.29, 0.717) is 37.1 Å². The maximum atomic E-state index is 12.1. The molecule has 0 bridgehead atoms. The second-order valence-corrected chi connectivity index (χ2v) is 18.4. The van der Waals surface area contributed by atoms with Crippen molar-refractivity contribution in [3.05, 3.63) is 109 Å². The zero-order valence-corrected chi connectivity index (χ0v) is 29.6. The Morgan fingerprint density at radius 2 is 1.34 bits per heavy atom. The van der Waals surface area contributed by atoms with Crippen LogP contribution in [0.15, 0.2) is 97.6 Å². The molecule has 13 nitrogen and oxygen atoms in total. The molecule has 0 aliphatic carbocycles. The Labute approximate surface area is 292 Å². The average molecular weight is 693 g/mol. The zero-order chi connectivity index (χ0) is 35.2. The van der Waals surface area contributed by atoms with Crippen molar-refractivity contribution in [1.82, 2.24) is 40.1 Å². The number of urea groups is 2. The van der Waals surface area contributed by atoms with Crippen molar-refractivity contribution in [2.45, 2.75) is 45.3 Å². The van der Waals surface area contributed by atoms with Crippen LogP contribution in [0.2, 0.25) is 25.7 Å². The van der Waals surface area contributed by atoms with Gasteiger partial charge in [0.1, 0.15) is 17.8 Å². The summed E-state index contributed by atoms with van der Waals surface area (Å²) in [6, 6.07) is 24.3. The summed E-state index contributed by atoms with van der Waals surface area (Å²) in [5, 5.41) is 11.0. The van der Waals surface area contributed by atoms with E-state index in [1.165, 1.54) is 17.3 Å². The van der Waals surface area contributed by atoms with Crippen LogP contribution in [0, 0.1) is 0 Å². The van der Waals surface area contributed by atoms with Crippen molar-refractivity contribution in [2.24, 2.45) is 0 Å². The fraction of sp³-hybridized carbons (Fsp3) is 0.278. The third-order valence-electron chi connectivity index (χ3n) is 7.52. The largest absolute Gasteiger partial charge is 0.361 e. The number of ether oxygens (including phenoxy) is 1. The van der Waals surface area contributed by atoms with Crippen LogP contribution in [0.4, 0.5) is 21.2 Å². The topological polar surface area (TPSA) is 164 Å². The van der Waals surface area contributed by atoms with Gasteiger partial charge in [-0.15, -0.1) is 0 Å². The fourth-order valence-corrected chi connectivity index (χ4v) is 5.57. The van der Waals surface area contributed by atoms with Gasteiger partial charge in [0.2, 0.25) is 0 Å². The van der Waals surface area contributed by atoms with Gasteiger partial charge in [0, 0.05) is 40.2 Å². The van der Waals surface area contributed by atoms with Crippen LogP contribution in [0.25, 0.3) is 22.3 Å². The molecule has 0 saturated carbocycles. The van der Waals surface area contributed by atoms with Gasteiger partial charge in [0.15, 0.2) is 22.9 Å². The fourth-order valence-electron chi connectivity index (χ4n) is 4.81. The number of nitrogens with zero attached hydrogens (tertiary/aromatic N) is 5. The number of aromatic amines is 1. The Balaban J connectivity index is 0.000000204. The zero-order valence-electron chi connectivity index (χ0n) is 28.6. The lowest BCUT2D eigenvalue weighted by Crippen LogP contribution is -2.30. The van der Waals surface area contributed by atoms with E-state index in [1.807, 2.05) is 77.5 Å². The summed E-state index contributed by atoms with van der Waals surface area (Å²) in [6.07, 6.45) is 8.32. The molecule has 4 heterocycles. The minimum absolute atomic E-state index is 0.282. The lowest BCUT2D eigenvalue weighted by atomic mass is 10.1. The van der Waals surface area contributed by atoms with Gasteiger partial charge in [0.25, 0.3) is 0 Å². The second-order valence-electron chi connectivity index (χ2n) is 12.8. The molecule has 260 valence electrons. The minimum Gasteiger partial charge on any atom is -0.361 e. The summed E-state index contributed by atoms with van der Waals surface area (Å²) in [4.78, 5) is 44.2. The predicted octanol–water partition coefficient (Wildman–Crippen LogP) is 6.43. The number of carbonyl (C=O) groups excluding carboxylic acids is 2. The number of carbonyl (C=O) groups is 2. The number of amides is 4. The summed E-state index contributed by atoms with van der Waals surface area (Å²) < 4.78 is 7.71. The third kappa shape index (κ3) is 11.5. The maximum Gasteiger partial charge on any atom is 0.320 e. The van der Waals surface area contributed by atoms with E-state index in [0.717, 1.165) is 42.2 Å². The second kappa shape index (κ2) is 17.7. The van der Waals surface area contributed by atoms with Gasteiger partial charge in [-0.3, -0.25) is 10.6 Å². The first-order chi connectivity index (χ1) is 24.2. The summed E-state index contributed by atoms with van der Waals surface area (Å²) in [7, 11) is -1.09. The number of aromatic nitrogens is 6. The molecule has 0 fully saturated rings. The molecule has 6 rings (SSSR count). The Hall–Kier alpha value is -5.60. The first-order valence-corrected chi connectivity index (χ1v) is 20.3. The van der Waals surface area contributed by atoms with Gasteiger partial charge < -0.3 is 24.9 Å². The highest BCUT2D eigenvalue weighted by Gasteiger charge is 2.13. The van der Waals surface area contributed by atoms with Crippen molar-refractivity contribution < 1.29 is 14.3 Å². The Morgan fingerprint density at radius 1 is 0.760 bits per heavy atom. The average Bonchev–Trinajstić information content (AvgIpc) is 3.74. The van der Waals surface area contributed by atoms with E-state index < -0.39 is 8.07 Å². The van der Waals surface area contributed by atoms with E-state index in [-0.39, 0.29) is 12.1 Å². The van der Waals surface area contributed by atoms with Crippen molar-refractivity contribution in [1.29, 1.82) is 0 Å². The Bertz CT molecular complexity index is 1960. The SMILES string of the molecule is C[Si](C)(C)CCOCn1ccc2nc(NC(=O)NCCc3ccccc3)cnc21.O=C(NCCc1ccccc1)Nc1cnc2[nH]ccc2n1. The number of rotatable bonds is 13. The highest BCUT2D eigenvalue weighted by atomic mass is 28.3. The summed E-state index contributed by atoms with van der Waals surface area (Å²) >= 11 is 0. The van der Waals surface area contributed by atoms with Crippen LogP contribution in [-0.4, -0.2) is 69.3 Å². The summed E-state index contributed by atoms with van der Waals surface area (Å²) in [5.41, 5.74) is 5.25. The molecule has 6 aromatic rings. The summed E-state index contributed by atoms with van der Waals surface area (Å²) in [6.45, 7) is 9.32. The van der Waals surface area contributed by atoms with Crippen molar-refractivity contribution >= 4 is 54.1 Å². The standard InChI is InChI=1S/C21H29N5O2Si.C15H15N5O/c1-29(2,3)14-13-28-16-26-12-10-18-20(26)23-15-19(24-18)25-21(27)22-11-9-17-7-5-4-6-8-17;21-15(17-8-6-11-4-2-1-3-5-11)20-13-10-18-14-12(19-13)7-9-16-14/h4-8,10,12,15H,9,11,13-14,16H2,1-3H3,(H2,22,24,25,27);1-5,7,9-10H,6,8H2,(H,16,18)(H2,17,19,20,21). The number of anilines is 2. The third-order valence-corrected chi connectivity index (χ3v) is 9.22. The van der Waals surface area contributed by atoms with Crippen molar-refractivity contribution in [3.8, 4) is 0 Å². The van der Waals surface area contributed by atoms with Gasteiger partial charge >= 0.3 is 12.1 Å². The number of hydrogen-bond donors (Lipinski definition) is 5. The number of benzene rings is 2. The van der Waals surface area contributed by atoms with Crippen LogP contribution < -0.4 is 21.3 Å². The molecule has 0 aliphatic heterocycles. The van der Waals surface area contributed by atoms with Gasteiger partial charge in [0.05, 0.1) is 12.4 Å².